The summed E-state index contributed by atoms with van der Waals surface area (Å²) in [6.07, 6.45) is 1.66. The molecule has 0 amide bonds. The molecule has 0 saturated heterocycles. The van der Waals surface area contributed by atoms with Crippen LogP contribution in [-0.2, 0) is 0 Å². The number of pyridine rings is 1. The Hall–Kier alpha value is -1.27. The number of hydrogen-bond donors (Lipinski definition) is 1. The Morgan fingerprint density at radius 3 is 2.89 bits per heavy atom. The molecule has 6 heteroatoms. The van der Waals surface area contributed by atoms with Crippen molar-refractivity contribution in [2.75, 3.05) is 0 Å². The van der Waals surface area contributed by atoms with Gasteiger partial charge in [-0.1, -0.05) is 6.07 Å². The van der Waals surface area contributed by atoms with Gasteiger partial charge in [0, 0.05) is 10.7 Å². The van der Waals surface area contributed by atoms with Gasteiger partial charge < -0.3 is 4.98 Å². The van der Waals surface area contributed by atoms with E-state index in [4.69, 9.17) is 0 Å². The standard InChI is InChI=1S/C12H6Br2FN3/c13-6-4-9-12(16-5-6)18-11(17-9)7-2-1-3-8(14)10(7)15/h1-5H,(H,16,17,18). The van der Waals surface area contributed by atoms with Gasteiger partial charge in [0.05, 0.1) is 15.6 Å². The topological polar surface area (TPSA) is 41.6 Å². The Morgan fingerprint density at radius 2 is 2.06 bits per heavy atom. The van der Waals surface area contributed by atoms with Gasteiger partial charge in [-0.15, -0.1) is 0 Å². The summed E-state index contributed by atoms with van der Waals surface area (Å²) in [5, 5.41) is 0. The van der Waals surface area contributed by atoms with Crippen LogP contribution in [-0.4, -0.2) is 15.0 Å². The lowest BCUT2D eigenvalue weighted by atomic mass is 10.2. The van der Waals surface area contributed by atoms with Crippen LogP contribution in [0.15, 0.2) is 39.4 Å². The van der Waals surface area contributed by atoms with Crippen molar-refractivity contribution in [3.8, 4) is 11.4 Å². The average Bonchev–Trinajstić information content (AvgIpc) is 2.75. The van der Waals surface area contributed by atoms with Crippen molar-refractivity contribution in [1.29, 1.82) is 0 Å². The molecule has 0 radical (unpaired) electrons. The third-order valence-electron chi connectivity index (χ3n) is 2.51. The highest BCUT2D eigenvalue weighted by Crippen LogP contribution is 2.27. The van der Waals surface area contributed by atoms with Crippen molar-refractivity contribution in [2.45, 2.75) is 0 Å². The molecule has 0 fully saturated rings. The second kappa shape index (κ2) is 4.44. The number of aromatic nitrogens is 3. The zero-order chi connectivity index (χ0) is 12.7. The Kier molecular flexibility index (Phi) is 2.91. The molecule has 0 spiro atoms. The zero-order valence-corrected chi connectivity index (χ0v) is 12.1. The van der Waals surface area contributed by atoms with E-state index < -0.39 is 0 Å². The number of imidazole rings is 1. The number of hydrogen-bond acceptors (Lipinski definition) is 2. The van der Waals surface area contributed by atoms with E-state index in [0.29, 0.717) is 21.5 Å². The Morgan fingerprint density at radius 1 is 1.22 bits per heavy atom. The maximum atomic E-state index is 14.0. The Labute approximate surface area is 119 Å². The minimum Gasteiger partial charge on any atom is -0.336 e. The lowest BCUT2D eigenvalue weighted by Crippen LogP contribution is -1.87. The lowest BCUT2D eigenvalue weighted by Gasteiger charge is -2.00. The molecule has 3 aromatic rings. The first-order chi connectivity index (χ1) is 8.65. The molecule has 0 aliphatic heterocycles. The fraction of sp³-hybridized carbons (Fsp3) is 0. The highest BCUT2D eigenvalue weighted by Gasteiger charge is 2.12. The van der Waals surface area contributed by atoms with Crippen LogP contribution in [0.4, 0.5) is 4.39 Å². The fourth-order valence-corrected chi connectivity index (χ4v) is 2.39. The minimum absolute atomic E-state index is 0.337. The van der Waals surface area contributed by atoms with Gasteiger partial charge in [0.25, 0.3) is 0 Å². The van der Waals surface area contributed by atoms with E-state index in [1.807, 2.05) is 6.07 Å². The molecule has 18 heavy (non-hydrogen) atoms. The number of aromatic amines is 1. The highest BCUT2D eigenvalue weighted by molar-refractivity contribution is 9.10. The van der Waals surface area contributed by atoms with Crippen molar-refractivity contribution >= 4 is 43.0 Å². The first kappa shape index (κ1) is 11.8. The van der Waals surface area contributed by atoms with Gasteiger partial charge in [0.1, 0.15) is 11.6 Å². The zero-order valence-electron chi connectivity index (χ0n) is 8.92. The molecule has 2 aromatic heterocycles. The number of benzene rings is 1. The molecule has 1 aromatic carbocycles. The Balaban J connectivity index is 2.22. The molecule has 0 unspecified atom stereocenters. The summed E-state index contributed by atoms with van der Waals surface area (Å²) in [5.74, 6) is 0.130. The van der Waals surface area contributed by atoms with Crippen LogP contribution in [0.1, 0.15) is 0 Å². The summed E-state index contributed by atoms with van der Waals surface area (Å²) in [5.41, 5.74) is 1.74. The molecule has 3 rings (SSSR count). The molecule has 0 aliphatic rings. The predicted octanol–water partition coefficient (Wildman–Crippen LogP) is 4.29. The van der Waals surface area contributed by atoms with Crippen LogP contribution in [0.2, 0.25) is 0 Å². The first-order valence-corrected chi connectivity index (χ1v) is 6.69. The van der Waals surface area contributed by atoms with Crippen LogP contribution >= 0.6 is 31.9 Å². The van der Waals surface area contributed by atoms with Gasteiger partial charge in [-0.05, 0) is 50.1 Å². The number of nitrogens with one attached hydrogen (secondary N) is 1. The summed E-state index contributed by atoms with van der Waals surface area (Å²) >= 11 is 6.49. The summed E-state index contributed by atoms with van der Waals surface area (Å²) in [6.45, 7) is 0. The Bertz CT molecular complexity index is 739. The van der Waals surface area contributed by atoms with E-state index in [-0.39, 0.29) is 5.82 Å². The average molecular weight is 371 g/mol. The quantitative estimate of drug-likeness (QED) is 0.694. The van der Waals surface area contributed by atoms with Crippen LogP contribution in [0.25, 0.3) is 22.6 Å². The van der Waals surface area contributed by atoms with Gasteiger partial charge in [-0.25, -0.2) is 14.4 Å². The van der Waals surface area contributed by atoms with E-state index in [1.54, 1.807) is 24.4 Å². The molecule has 0 atom stereocenters. The van der Waals surface area contributed by atoms with Gasteiger partial charge >= 0.3 is 0 Å². The highest BCUT2D eigenvalue weighted by atomic mass is 79.9. The molecular formula is C12H6Br2FN3. The fourth-order valence-electron chi connectivity index (χ4n) is 1.69. The van der Waals surface area contributed by atoms with E-state index in [0.717, 1.165) is 9.99 Å². The van der Waals surface area contributed by atoms with Gasteiger partial charge in [-0.3, -0.25) is 0 Å². The number of rotatable bonds is 1. The van der Waals surface area contributed by atoms with Gasteiger partial charge in [-0.2, -0.15) is 0 Å². The SMILES string of the molecule is Fc1c(Br)cccc1-c1nc2ncc(Br)cc2[nH]1. The van der Waals surface area contributed by atoms with E-state index >= 15 is 0 Å². The molecule has 1 N–H and O–H groups in total. The molecule has 2 heterocycles. The summed E-state index contributed by atoms with van der Waals surface area (Å²) in [7, 11) is 0. The molecule has 0 saturated carbocycles. The second-order valence-corrected chi connectivity index (χ2v) is 5.48. The largest absolute Gasteiger partial charge is 0.336 e. The van der Waals surface area contributed by atoms with Crippen molar-refractivity contribution in [3.63, 3.8) is 0 Å². The number of H-pyrrole nitrogens is 1. The van der Waals surface area contributed by atoms with Crippen LogP contribution in [0.5, 0.6) is 0 Å². The van der Waals surface area contributed by atoms with E-state index in [2.05, 4.69) is 46.8 Å². The van der Waals surface area contributed by atoms with Gasteiger partial charge in [0.15, 0.2) is 5.65 Å². The predicted molar refractivity (Wildman–Crippen MR) is 74.7 cm³/mol. The lowest BCUT2D eigenvalue weighted by molar-refractivity contribution is 0.623. The smallest absolute Gasteiger partial charge is 0.178 e. The maximum Gasteiger partial charge on any atom is 0.178 e. The van der Waals surface area contributed by atoms with Crippen molar-refractivity contribution in [2.24, 2.45) is 0 Å². The maximum absolute atomic E-state index is 14.0. The normalized spacial score (nSPS) is 11.1. The van der Waals surface area contributed by atoms with Crippen molar-refractivity contribution in [1.82, 2.24) is 15.0 Å². The van der Waals surface area contributed by atoms with E-state index in [9.17, 15) is 4.39 Å². The summed E-state index contributed by atoms with van der Waals surface area (Å²) < 4.78 is 15.2. The van der Waals surface area contributed by atoms with Crippen molar-refractivity contribution in [3.05, 3.63) is 45.2 Å². The van der Waals surface area contributed by atoms with Gasteiger partial charge in [0.2, 0.25) is 0 Å². The number of fused-ring (bicyclic) bond motifs is 1. The molecule has 0 bridgehead atoms. The molecule has 90 valence electrons. The molecular weight excluding hydrogens is 365 g/mol. The van der Waals surface area contributed by atoms with Crippen LogP contribution < -0.4 is 0 Å². The molecule has 3 nitrogen and oxygen atoms in total. The third-order valence-corrected chi connectivity index (χ3v) is 3.56. The van der Waals surface area contributed by atoms with Crippen molar-refractivity contribution < 1.29 is 4.39 Å². The molecule has 0 aliphatic carbocycles. The summed E-state index contributed by atoms with van der Waals surface area (Å²) in [6, 6.07) is 6.94. The van der Waals surface area contributed by atoms with Crippen LogP contribution in [0, 0.1) is 5.82 Å². The number of nitrogens with zero attached hydrogens (tertiary/aromatic N) is 2. The third kappa shape index (κ3) is 1.95. The van der Waals surface area contributed by atoms with E-state index in [1.165, 1.54) is 0 Å². The number of halogens is 3. The second-order valence-electron chi connectivity index (χ2n) is 3.71. The summed E-state index contributed by atoms with van der Waals surface area (Å²) in [4.78, 5) is 11.5. The van der Waals surface area contributed by atoms with Crippen LogP contribution in [0.3, 0.4) is 0 Å². The minimum atomic E-state index is -0.337. The first-order valence-electron chi connectivity index (χ1n) is 5.11. The monoisotopic (exact) mass is 369 g/mol.